The molecule has 6 nitrogen and oxygen atoms in total. The van der Waals surface area contributed by atoms with Crippen LogP contribution in [0.2, 0.25) is 0 Å². The normalized spacial score (nSPS) is 26.1. The minimum absolute atomic E-state index is 0.180. The maximum atomic E-state index is 14.3. The number of aryl methyl sites for hydroxylation is 2. The van der Waals surface area contributed by atoms with Crippen molar-refractivity contribution >= 4 is 5.97 Å². The van der Waals surface area contributed by atoms with Crippen LogP contribution in [0.25, 0.3) is 0 Å². The summed E-state index contributed by atoms with van der Waals surface area (Å²) in [6.07, 6.45) is 11.8. The quantitative estimate of drug-likeness (QED) is 0.447. The molecular formula is C33H47FN4O2. The van der Waals surface area contributed by atoms with Crippen molar-refractivity contribution in [2.75, 3.05) is 39.3 Å². The Labute approximate surface area is 238 Å². The van der Waals surface area contributed by atoms with Crippen molar-refractivity contribution in [3.8, 4) is 0 Å². The fourth-order valence-electron chi connectivity index (χ4n) is 8.52. The van der Waals surface area contributed by atoms with Gasteiger partial charge in [0.15, 0.2) is 0 Å². The first kappa shape index (κ1) is 27.9. The molecule has 0 bridgehead atoms. The molecule has 3 aliphatic heterocycles. The maximum Gasteiger partial charge on any atom is 0.310 e. The van der Waals surface area contributed by atoms with Crippen LogP contribution in [0.3, 0.4) is 0 Å². The van der Waals surface area contributed by atoms with E-state index in [-0.39, 0.29) is 11.7 Å². The Morgan fingerprint density at radius 3 is 2.58 bits per heavy atom. The third-order valence-electron chi connectivity index (χ3n) is 10.6. The number of carboxylic acid groups (broad SMARTS) is 1. The lowest BCUT2D eigenvalue weighted by atomic mass is 9.73. The molecule has 4 heterocycles. The minimum Gasteiger partial charge on any atom is -0.481 e. The summed E-state index contributed by atoms with van der Waals surface area (Å²) in [5, 5.41) is 15.2. The Bertz CT molecular complexity index is 1180. The maximum absolute atomic E-state index is 14.3. The number of carboxylic acids is 1. The molecular weight excluding hydrogens is 503 g/mol. The molecule has 2 aromatic rings. The van der Waals surface area contributed by atoms with Gasteiger partial charge in [0.25, 0.3) is 0 Å². The monoisotopic (exact) mass is 550 g/mol. The zero-order valence-corrected chi connectivity index (χ0v) is 24.3. The molecule has 40 heavy (non-hydrogen) atoms. The van der Waals surface area contributed by atoms with Crippen LogP contribution < -0.4 is 0 Å². The summed E-state index contributed by atoms with van der Waals surface area (Å²) in [6, 6.07) is 7.13. The van der Waals surface area contributed by atoms with Crippen molar-refractivity contribution in [3.63, 3.8) is 0 Å². The van der Waals surface area contributed by atoms with Crippen molar-refractivity contribution in [2.45, 2.75) is 95.9 Å². The van der Waals surface area contributed by atoms with E-state index in [0.29, 0.717) is 18.4 Å². The number of hydrogen-bond donors (Lipinski definition) is 1. The van der Waals surface area contributed by atoms with Crippen LogP contribution in [0, 0.1) is 17.2 Å². The van der Waals surface area contributed by atoms with Gasteiger partial charge in [-0.05, 0) is 99.6 Å². The van der Waals surface area contributed by atoms with E-state index in [1.807, 2.05) is 6.07 Å². The molecule has 4 aliphatic rings. The zero-order chi connectivity index (χ0) is 27.7. The van der Waals surface area contributed by atoms with Crippen molar-refractivity contribution in [3.05, 3.63) is 52.6 Å². The first-order chi connectivity index (χ1) is 19.5. The molecule has 2 unspecified atom stereocenters. The molecule has 0 spiro atoms. The lowest BCUT2D eigenvalue weighted by molar-refractivity contribution is -0.152. The van der Waals surface area contributed by atoms with E-state index in [1.165, 1.54) is 49.6 Å². The lowest BCUT2D eigenvalue weighted by Gasteiger charge is -2.37. The molecule has 1 aliphatic carbocycles. The molecule has 0 radical (unpaired) electrons. The van der Waals surface area contributed by atoms with Gasteiger partial charge in [-0.2, -0.15) is 5.10 Å². The van der Waals surface area contributed by atoms with Crippen LogP contribution in [0.4, 0.5) is 4.39 Å². The van der Waals surface area contributed by atoms with Crippen LogP contribution in [0.15, 0.2) is 24.3 Å². The molecule has 1 aromatic heterocycles. The van der Waals surface area contributed by atoms with Gasteiger partial charge in [-0.15, -0.1) is 0 Å². The summed E-state index contributed by atoms with van der Waals surface area (Å²) in [5.74, 6) is 0.406. The molecule has 2 saturated heterocycles. The van der Waals surface area contributed by atoms with Crippen molar-refractivity contribution < 1.29 is 14.3 Å². The standard InChI is InChI=1S/C33H47FN4O2/c1-2-29-31(30-11-4-7-16-38(30)35-29)24-12-17-36(18-13-24)20-26-21-37(22-28(26)25-9-8-10-27(34)19-25)23-33(32(39)40)14-5-3-6-15-33/h8-10,19,24,26,28H,2-7,11-18,20-23H2,1H3,(H,39,40). The number of rotatable bonds is 8. The van der Waals surface area contributed by atoms with Gasteiger partial charge in [-0.3, -0.25) is 9.48 Å². The third-order valence-corrected chi connectivity index (χ3v) is 10.6. The van der Waals surface area contributed by atoms with E-state index in [0.717, 1.165) is 83.4 Å². The molecule has 0 amide bonds. The number of nitrogens with zero attached hydrogens (tertiary/aromatic N) is 4. The topological polar surface area (TPSA) is 61.6 Å². The average Bonchev–Trinajstić information content (AvgIpc) is 3.54. The van der Waals surface area contributed by atoms with E-state index < -0.39 is 11.4 Å². The van der Waals surface area contributed by atoms with Gasteiger partial charge < -0.3 is 14.9 Å². The summed E-state index contributed by atoms with van der Waals surface area (Å²) in [7, 11) is 0. The highest BCUT2D eigenvalue weighted by Gasteiger charge is 2.44. The Hall–Kier alpha value is -2.25. The van der Waals surface area contributed by atoms with Gasteiger partial charge in [0.1, 0.15) is 5.82 Å². The molecule has 1 N–H and O–H groups in total. The largest absolute Gasteiger partial charge is 0.481 e. The van der Waals surface area contributed by atoms with E-state index >= 15 is 0 Å². The van der Waals surface area contributed by atoms with E-state index in [1.54, 1.807) is 11.6 Å². The number of aliphatic carboxylic acids is 1. The number of carbonyl (C=O) groups is 1. The smallest absolute Gasteiger partial charge is 0.310 e. The van der Waals surface area contributed by atoms with Gasteiger partial charge in [0.2, 0.25) is 0 Å². The van der Waals surface area contributed by atoms with Crippen molar-refractivity contribution in [1.82, 2.24) is 19.6 Å². The second kappa shape index (κ2) is 11.9. The van der Waals surface area contributed by atoms with Crippen molar-refractivity contribution in [2.24, 2.45) is 11.3 Å². The second-order valence-electron chi connectivity index (χ2n) is 13.2. The van der Waals surface area contributed by atoms with Gasteiger partial charge >= 0.3 is 5.97 Å². The summed E-state index contributed by atoms with van der Waals surface area (Å²) in [5.41, 5.74) is 4.84. The lowest BCUT2D eigenvalue weighted by Crippen LogP contribution is -2.44. The molecule has 2 atom stereocenters. The van der Waals surface area contributed by atoms with Crippen LogP contribution in [-0.4, -0.2) is 69.9 Å². The van der Waals surface area contributed by atoms with Crippen LogP contribution in [-0.2, 0) is 24.2 Å². The highest BCUT2D eigenvalue weighted by atomic mass is 19.1. The number of likely N-dealkylation sites (tertiary alicyclic amines) is 2. The first-order valence-electron chi connectivity index (χ1n) is 16.0. The Morgan fingerprint density at radius 2 is 1.85 bits per heavy atom. The predicted molar refractivity (Wildman–Crippen MR) is 155 cm³/mol. The second-order valence-corrected chi connectivity index (χ2v) is 13.2. The fraction of sp³-hybridized carbons (Fsp3) is 0.697. The molecule has 218 valence electrons. The van der Waals surface area contributed by atoms with Gasteiger partial charge in [0, 0.05) is 44.3 Å². The predicted octanol–water partition coefficient (Wildman–Crippen LogP) is 5.85. The summed E-state index contributed by atoms with van der Waals surface area (Å²) in [4.78, 5) is 17.5. The van der Waals surface area contributed by atoms with Crippen molar-refractivity contribution in [1.29, 1.82) is 0 Å². The van der Waals surface area contributed by atoms with Crippen LogP contribution in [0.5, 0.6) is 0 Å². The summed E-state index contributed by atoms with van der Waals surface area (Å²) >= 11 is 0. The van der Waals surface area contributed by atoms with Gasteiger partial charge in [-0.25, -0.2) is 4.39 Å². The third kappa shape index (κ3) is 5.61. The molecule has 6 rings (SSSR count). The fourth-order valence-corrected chi connectivity index (χ4v) is 8.52. The first-order valence-corrected chi connectivity index (χ1v) is 16.0. The number of piperidine rings is 1. The van der Waals surface area contributed by atoms with Gasteiger partial charge in [-0.1, -0.05) is 38.3 Å². The number of halogens is 1. The SMILES string of the molecule is CCc1nn2c(c1C1CCN(CC3CN(CC4(C(=O)O)CCCCC4)CC3c3cccc(F)c3)CC1)CCCC2. The number of aromatic nitrogens is 2. The van der Waals surface area contributed by atoms with E-state index in [9.17, 15) is 14.3 Å². The average molecular weight is 551 g/mol. The summed E-state index contributed by atoms with van der Waals surface area (Å²) < 4.78 is 16.6. The molecule has 3 fully saturated rings. The van der Waals surface area contributed by atoms with Crippen LogP contribution in [0.1, 0.15) is 99.1 Å². The zero-order valence-electron chi connectivity index (χ0n) is 24.3. The Balaban J connectivity index is 1.15. The summed E-state index contributed by atoms with van der Waals surface area (Å²) in [6.45, 7) is 8.83. The van der Waals surface area contributed by atoms with E-state index in [2.05, 4.69) is 27.5 Å². The Morgan fingerprint density at radius 1 is 1.05 bits per heavy atom. The minimum atomic E-state index is -0.631. The molecule has 1 aromatic carbocycles. The molecule has 1 saturated carbocycles. The van der Waals surface area contributed by atoms with Gasteiger partial charge in [0.05, 0.1) is 11.1 Å². The number of fused-ring (bicyclic) bond motifs is 1. The number of benzene rings is 1. The van der Waals surface area contributed by atoms with Crippen LogP contribution >= 0.6 is 0 Å². The highest BCUT2D eigenvalue weighted by Crippen LogP contribution is 2.42. The molecule has 7 heteroatoms. The Kier molecular flexibility index (Phi) is 8.32. The highest BCUT2D eigenvalue weighted by molar-refractivity contribution is 5.75. The number of hydrogen-bond acceptors (Lipinski definition) is 4. The van der Waals surface area contributed by atoms with E-state index in [4.69, 9.17) is 5.10 Å².